The number of hydrogen-bond acceptors (Lipinski definition) is 4. The number of nitrogens with one attached hydrogen (secondary N) is 1. The SMILES string of the molecule is Cn1nccc1C(=O)Oc1ccc(NC(=O)c2ccccc2)cc1. The molecule has 1 N–H and O–H groups in total. The Bertz CT molecular complexity index is 855. The van der Waals surface area contributed by atoms with Crippen molar-refractivity contribution in [2.45, 2.75) is 0 Å². The van der Waals surface area contributed by atoms with E-state index < -0.39 is 5.97 Å². The fraction of sp³-hybridized carbons (Fsp3) is 0.0556. The predicted octanol–water partition coefficient (Wildman–Crippen LogP) is 2.89. The third-order valence-electron chi connectivity index (χ3n) is 3.39. The third kappa shape index (κ3) is 3.49. The molecule has 1 heterocycles. The lowest BCUT2D eigenvalue weighted by Crippen LogP contribution is -2.14. The zero-order valence-electron chi connectivity index (χ0n) is 13.0. The molecule has 0 atom stereocenters. The van der Waals surface area contributed by atoms with Crippen molar-refractivity contribution in [3.8, 4) is 5.75 Å². The van der Waals surface area contributed by atoms with Crippen molar-refractivity contribution in [2.75, 3.05) is 5.32 Å². The Kier molecular flexibility index (Phi) is 4.38. The molecule has 3 rings (SSSR count). The number of anilines is 1. The van der Waals surface area contributed by atoms with Gasteiger partial charge < -0.3 is 10.1 Å². The van der Waals surface area contributed by atoms with Gasteiger partial charge in [-0.3, -0.25) is 9.48 Å². The Morgan fingerprint density at radius 3 is 2.33 bits per heavy atom. The maximum absolute atomic E-state index is 12.1. The maximum atomic E-state index is 12.1. The van der Waals surface area contributed by atoms with Crippen molar-refractivity contribution in [1.29, 1.82) is 0 Å². The van der Waals surface area contributed by atoms with E-state index in [1.807, 2.05) is 6.07 Å². The van der Waals surface area contributed by atoms with Crippen molar-refractivity contribution in [2.24, 2.45) is 7.05 Å². The Balaban J connectivity index is 1.64. The van der Waals surface area contributed by atoms with Gasteiger partial charge in [0, 0.05) is 24.5 Å². The number of rotatable bonds is 4. The number of carbonyl (C=O) groups is 2. The van der Waals surface area contributed by atoms with Crippen molar-refractivity contribution in [1.82, 2.24) is 9.78 Å². The summed E-state index contributed by atoms with van der Waals surface area (Å²) in [5.74, 6) is -0.301. The lowest BCUT2D eigenvalue weighted by Gasteiger charge is -2.07. The fourth-order valence-corrected chi connectivity index (χ4v) is 2.13. The molecule has 0 unspecified atom stereocenters. The average molecular weight is 321 g/mol. The second kappa shape index (κ2) is 6.78. The van der Waals surface area contributed by atoms with Gasteiger partial charge in [-0.1, -0.05) is 18.2 Å². The summed E-state index contributed by atoms with van der Waals surface area (Å²) in [5, 5.41) is 6.71. The molecule has 0 aliphatic carbocycles. The van der Waals surface area contributed by atoms with E-state index in [0.717, 1.165) is 0 Å². The molecule has 0 radical (unpaired) electrons. The Morgan fingerprint density at radius 2 is 1.71 bits per heavy atom. The van der Waals surface area contributed by atoms with Crippen LogP contribution in [-0.4, -0.2) is 21.7 Å². The van der Waals surface area contributed by atoms with Crippen LogP contribution in [-0.2, 0) is 7.05 Å². The molecule has 0 fully saturated rings. The summed E-state index contributed by atoms with van der Waals surface area (Å²) in [5.41, 5.74) is 1.55. The van der Waals surface area contributed by atoms with Gasteiger partial charge >= 0.3 is 5.97 Å². The highest BCUT2D eigenvalue weighted by Crippen LogP contribution is 2.17. The summed E-state index contributed by atoms with van der Waals surface area (Å²) in [6.45, 7) is 0. The van der Waals surface area contributed by atoms with Crippen molar-refractivity contribution >= 4 is 17.6 Å². The molecule has 3 aromatic rings. The monoisotopic (exact) mass is 321 g/mol. The quantitative estimate of drug-likeness (QED) is 0.592. The van der Waals surface area contributed by atoms with Gasteiger partial charge in [-0.15, -0.1) is 0 Å². The van der Waals surface area contributed by atoms with Crippen LogP contribution in [0.25, 0.3) is 0 Å². The van der Waals surface area contributed by atoms with Crippen LogP contribution in [0.4, 0.5) is 5.69 Å². The van der Waals surface area contributed by atoms with E-state index in [0.29, 0.717) is 22.7 Å². The first kappa shape index (κ1) is 15.5. The number of amides is 1. The van der Waals surface area contributed by atoms with Gasteiger partial charge in [0.05, 0.1) is 0 Å². The topological polar surface area (TPSA) is 73.2 Å². The molecule has 0 aliphatic rings. The first-order valence-corrected chi connectivity index (χ1v) is 7.30. The lowest BCUT2D eigenvalue weighted by atomic mass is 10.2. The van der Waals surface area contributed by atoms with Crippen LogP contribution in [0.1, 0.15) is 20.8 Å². The number of nitrogens with zero attached hydrogens (tertiary/aromatic N) is 2. The van der Waals surface area contributed by atoms with E-state index in [9.17, 15) is 9.59 Å². The molecular formula is C18H15N3O3. The largest absolute Gasteiger partial charge is 0.422 e. The van der Waals surface area contributed by atoms with Gasteiger partial charge in [-0.05, 0) is 42.5 Å². The van der Waals surface area contributed by atoms with Crippen molar-refractivity contribution in [3.05, 3.63) is 78.1 Å². The predicted molar refractivity (Wildman–Crippen MR) is 89.0 cm³/mol. The zero-order valence-corrected chi connectivity index (χ0v) is 13.0. The highest BCUT2D eigenvalue weighted by molar-refractivity contribution is 6.04. The first-order chi connectivity index (χ1) is 11.6. The Morgan fingerprint density at radius 1 is 1.00 bits per heavy atom. The van der Waals surface area contributed by atoms with E-state index in [-0.39, 0.29) is 5.91 Å². The number of carbonyl (C=O) groups excluding carboxylic acids is 2. The molecule has 0 saturated heterocycles. The highest BCUT2D eigenvalue weighted by Gasteiger charge is 2.12. The van der Waals surface area contributed by atoms with Gasteiger partial charge in [-0.2, -0.15) is 5.10 Å². The number of esters is 1. The van der Waals surface area contributed by atoms with Crippen molar-refractivity contribution in [3.63, 3.8) is 0 Å². The standard InChI is InChI=1S/C18H15N3O3/c1-21-16(11-12-19-21)18(23)24-15-9-7-14(8-10-15)20-17(22)13-5-3-2-4-6-13/h2-12H,1H3,(H,20,22). The third-order valence-corrected chi connectivity index (χ3v) is 3.39. The molecule has 6 heteroatoms. The van der Waals surface area contributed by atoms with E-state index in [1.165, 1.54) is 10.9 Å². The molecule has 1 aromatic heterocycles. The van der Waals surface area contributed by atoms with Crippen LogP contribution in [0.15, 0.2) is 66.9 Å². The smallest absolute Gasteiger partial charge is 0.361 e. The number of aryl methyl sites for hydroxylation is 1. The van der Waals surface area contributed by atoms with Gasteiger partial charge in [0.1, 0.15) is 11.4 Å². The zero-order chi connectivity index (χ0) is 16.9. The summed E-state index contributed by atoms with van der Waals surface area (Å²) in [4.78, 5) is 24.1. The molecule has 0 aliphatic heterocycles. The van der Waals surface area contributed by atoms with Gasteiger partial charge in [-0.25, -0.2) is 4.79 Å². The van der Waals surface area contributed by atoms with E-state index in [1.54, 1.807) is 61.6 Å². The number of ether oxygens (including phenoxy) is 1. The lowest BCUT2D eigenvalue weighted by molar-refractivity contribution is 0.0723. The van der Waals surface area contributed by atoms with Crippen LogP contribution < -0.4 is 10.1 Å². The molecule has 0 bridgehead atoms. The first-order valence-electron chi connectivity index (χ1n) is 7.30. The minimum atomic E-state index is -0.490. The van der Waals surface area contributed by atoms with Gasteiger partial charge in [0.15, 0.2) is 0 Å². The second-order valence-electron chi connectivity index (χ2n) is 5.07. The molecule has 1 amide bonds. The van der Waals surface area contributed by atoms with Crippen LogP contribution in [0.2, 0.25) is 0 Å². The summed E-state index contributed by atoms with van der Waals surface area (Å²) < 4.78 is 6.71. The number of aromatic nitrogens is 2. The molecule has 120 valence electrons. The summed E-state index contributed by atoms with van der Waals surface area (Å²) in [7, 11) is 1.67. The van der Waals surface area contributed by atoms with Crippen LogP contribution in [0, 0.1) is 0 Å². The van der Waals surface area contributed by atoms with E-state index in [2.05, 4.69) is 10.4 Å². The Labute approximate surface area is 138 Å². The minimum Gasteiger partial charge on any atom is -0.422 e. The summed E-state index contributed by atoms with van der Waals surface area (Å²) in [6, 6.07) is 17.1. The van der Waals surface area contributed by atoms with Gasteiger partial charge in [0.25, 0.3) is 5.91 Å². The molecule has 0 spiro atoms. The van der Waals surface area contributed by atoms with Crippen LogP contribution in [0.5, 0.6) is 5.75 Å². The molecule has 2 aromatic carbocycles. The average Bonchev–Trinajstić information content (AvgIpc) is 3.03. The summed E-state index contributed by atoms with van der Waals surface area (Å²) in [6.07, 6.45) is 1.53. The number of benzene rings is 2. The maximum Gasteiger partial charge on any atom is 0.361 e. The number of hydrogen-bond donors (Lipinski definition) is 1. The molecule has 0 saturated carbocycles. The van der Waals surface area contributed by atoms with E-state index >= 15 is 0 Å². The van der Waals surface area contributed by atoms with E-state index in [4.69, 9.17) is 4.74 Å². The van der Waals surface area contributed by atoms with Gasteiger partial charge in [0.2, 0.25) is 0 Å². The second-order valence-corrected chi connectivity index (χ2v) is 5.07. The normalized spacial score (nSPS) is 10.2. The van der Waals surface area contributed by atoms with Crippen LogP contribution in [0.3, 0.4) is 0 Å². The minimum absolute atomic E-state index is 0.199. The Hall–Kier alpha value is -3.41. The molecular weight excluding hydrogens is 306 g/mol. The van der Waals surface area contributed by atoms with Crippen molar-refractivity contribution < 1.29 is 14.3 Å². The van der Waals surface area contributed by atoms with Crippen LogP contribution >= 0.6 is 0 Å². The fourth-order valence-electron chi connectivity index (χ4n) is 2.13. The molecule has 24 heavy (non-hydrogen) atoms. The summed E-state index contributed by atoms with van der Waals surface area (Å²) >= 11 is 0. The highest BCUT2D eigenvalue weighted by atomic mass is 16.5. The molecule has 6 nitrogen and oxygen atoms in total.